The van der Waals surface area contributed by atoms with Gasteiger partial charge in [-0.25, -0.2) is 0 Å². The zero-order chi connectivity index (χ0) is 18.2. The third-order valence-corrected chi connectivity index (χ3v) is 3.61. The molecule has 0 unspecified atom stereocenters. The normalized spacial score (nSPS) is 9.80. The Morgan fingerprint density at radius 3 is 2.20 bits per heavy atom. The molecule has 25 heavy (non-hydrogen) atoms. The summed E-state index contributed by atoms with van der Waals surface area (Å²) >= 11 is 0. The number of nitrogens with one attached hydrogen (secondary N) is 2. The molecule has 0 saturated heterocycles. The summed E-state index contributed by atoms with van der Waals surface area (Å²) in [5.74, 6) is 0.0362. The van der Waals surface area contributed by atoms with Gasteiger partial charge in [-0.05, 0) is 55.3 Å². The van der Waals surface area contributed by atoms with E-state index in [1.54, 1.807) is 30.3 Å². The van der Waals surface area contributed by atoms with Gasteiger partial charge in [0.1, 0.15) is 12.2 Å². The van der Waals surface area contributed by atoms with Crippen molar-refractivity contribution in [3.05, 3.63) is 53.6 Å². The zero-order valence-corrected chi connectivity index (χ0v) is 14.1. The van der Waals surface area contributed by atoms with Crippen LogP contribution < -0.4 is 15.4 Å². The monoisotopic (exact) mass is 337 g/mol. The van der Waals surface area contributed by atoms with Crippen LogP contribution in [0.25, 0.3) is 0 Å². The highest BCUT2D eigenvalue weighted by Gasteiger charge is 2.07. The third kappa shape index (κ3) is 5.36. The maximum Gasteiger partial charge on any atom is 0.262 e. The maximum atomic E-state index is 12.0. The Morgan fingerprint density at radius 1 is 1.00 bits per heavy atom. The fourth-order valence-corrected chi connectivity index (χ4v) is 2.13. The second kappa shape index (κ2) is 8.50. The van der Waals surface area contributed by atoms with Crippen LogP contribution in [0.1, 0.15) is 17.5 Å². The lowest BCUT2D eigenvalue weighted by molar-refractivity contribution is -0.118. The number of hydrogen-bond acceptors (Lipinski definition) is 4. The standard InChI is InChI=1S/C19H19N3O3/c1-13-4-3-5-17(14(13)2)25-12-19(24)22-16-8-6-15(7-9-16)21-18(23)10-11-20/h3-9H,10,12H2,1-2H3,(H,21,23)(H,22,24). The summed E-state index contributed by atoms with van der Waals surface area (Å²) in [6.45, 7) is 3.84. The van der Waals surface area contributed by atoms with Gasteiger partial charge in [0, 0.05) is 11.4 Å². The van der Waals surface area contributed by atoms with Crippen molar-refractivity contribution < 1.29 is 14.3 Å². The number of rotatable bonds is 6. The van der Waals surface area contributed by atoms with Gasteiger partial charge < -0.3 is 15.4 Å². The van der Waals surface area contributed by atoms with Gasteiger partial charge in [-0.2, -0.15) is 5.26 Å². The summed E-state index contributed by atoms with van der Waals surface area (Å²) < 4.78 is 5.56. The van der Waals surface area contributed by atoms with Crippen LogP contribution in [0.2, 0.25) is 0 Å². The predicted molar refractivity (Wildman–Crippen MR) is 95.3 cm³/mol. The second-order valence-electron chi connectivity index (χ2n) is 5.50. The molecule has 0 heterocycles. The molecule has 6 heteroatoms. The van der Waals surface area contributed by atoms with Crippen LogP contribution in [-0.4, -0.2) is 18.4 Å². The number of benzene rings is 2. The van der Waals surface area contributed by atoms with E-state index in [-0.39, 0.29) is 24.8 Å². The van der Waals surface area contributed by atoms with Crippen molar-refractivity contribution in [2.24, 2.45) is 0 Å². The summed E-state index contributed by atoms with van der Waals surface area (Å²) in [7, 11) is 0. The Labute approximate surface area is 146 Å². The number of carbonyl (C=O) groups is 2. The molecule has 2 amide bonds. The van der Waals surface area contributed by atoms with Crippen LogP contribution in [0, 0.1) is 25.2 Å². The van der Waals surface area contributed by atoms with Gasteiger partial charge in [-0.1, -0.05) is 12.1 Å². The number of carbonyl (C=O) groups excluding carboxylic acids is 2. The zero-order valence-electron chi connectivity index (χ0n) is 14.1. The first-order valence-corrected chi connectivity index (χ1v) is 7.75. The largest absolute Gasteiger partial charge is 0.483 e. The van der Waals surface area contributed by atoms with E-state index in [0.29, 0.717) is 17.1 Å². The van der Waals surface area contributed by atoms with E-state index in [4.69, 9.17) is 10.00 Å². The number of nitrogens with zero attached hydrogens (tertiary/aromatic N) is 1. The van der Waals surface area contributed by atoms with Gasteiger partial charge in [-0.3, -0.25) is 9.59 Å². The van der Waals surface area contributed by atoms with Crippen molar-refractivity contribution in [3.63, 3.8) is 0 Å². The molecule has 2 aromatic carbocycles. The van der Waals surface area contributed by atoms with Crippen LogP contribution in [0.5, 0.6) is 5.75 Å². The molecule has 0 aliphatic carbocycles. The third-order valence-electron chi connectivity index (χ3n) is 3.61. The van der Waals surface area contributed by atoms with E-state index < -0.39 is 0 Å². The summed E-state index contributed by atoms with van der Waals surface area (Å²) in [5.41, 5.74) is 3.26. The lowest BCUT2D eigenvalue weighted by atomic mass is 10.1. The highest BCUT2D eigenvalue weighted by Crippen LogP contribution is 2.20. The first-order valence-electron chi connectivity index (χ1n) is 7.75. The highest BCUT2D eigenvalue weighted by atomic mass is 16.5. The molecule has 2 aromatic rings. The van der Waals surface area contributed by atoms with Gasteiger partial charge in [0.05, 0.1) is 6.07 Å². The summed E-state index contributed by atoms with van der Waals surface area (Å²) in [6, 6.07) is 14.1. The fraction of sp³-hybridized carbons (Fsp3) is 0.211. The van der Waals surface area contributed by atoms with Gasteiger partial charge >= 0.3 is 0 Å². The molecule has 2 N–H and O–H groups in total. The molecule has 0 bridgehead atoms. The van der Waals surface area contributed by atoms with E-state index >= 15 is 0 Å². The number of anilines is 2. The average molecular weight is 337 g/mol. The molecule has 128 valence electrons. The molecular formula is C19H19N3O3. The van der Waals surface area contributed by atoms with E-state index in [1.807, 2.05) is 32.0 Å². The molecular weight excluding hydrogens is 318 g/mol. The topological polar surface area (TPSA) is 91.2 Å². The Balaban J connectivity index is 1.87. The molecule has 0 aliphatic heterocycles. The van der Waals surface area contributed by atoms with Crippen LogP contribution in [0.15, 0.2) is 42.5 Å². The minimum atomic E-state index is -0.374. The van der Waals surface area contributed by atoms with Crippen molar-refractivity contribution in [3.8, 4) is 11.8 Å². The lowest BCUT2D eigenvalue weighted by Crippen LogP contribution is -2.20. The van der Waals surface area contributed by atoms with Gasteiger partial charge in [0.2, 0.25) is 5.91 Å². The molecule has 0 atom stereocenters. The van der Waals surface area contributed by atoms with Crippen molar-refractivity contribution >= 4 is 23.2 Å². The predicted octanol–water partition coefficient (Wildman–Crippen LogP) is 3.17. The summed E-state index contributed by atoms with van der Waals surface area (Å²) in [5, 5.41) is 13.8. The van der Waals surface area contributed by atoms with Crippen molar-refractivity contribution in [2.45, 2.75) is 20.3 Å². The molecule has 0 fully saturated rings. The lowest BCUT2D eigenvalue weighted by Gasteiger charge is -2.11. The Hall–Kier alpha value is -3.33. The molecule has 0 saturated carbocycles. The number of nitriles is 1. The maximum absolute atomic E-state index is 12.0. The highest BCUT2D eigenvalue weighted by molar-refractivity contribution is 5.94. The van der Waals surface area contributed by atoms with E-state index in [2.05, 4.69) is 10.6 Å². The number of amides is 2. The van der Waals surface area contributed by atoms with Gasteiger partial charge in [0.15, 0.2) is 6.61 Å². The molecule has 0 aromatic heterocycles. The molecule has 0 radical (unpaired) electrons. The van der Waals surface area contributed by atoms with E-state index in [1.165, 1.54) is 0 Å². The molecule has 2 rings (SSSR count). The summed E-state index contributed by atoms with van der Waals surface area (Å²) in [6.07, 6.45) is -0.200. The van der Waals surface area contributed by atoms with E-state index in [0.717, 1.165) is 11.1 Å². The van der Waals surface area contributed by atoms with Crippen molar-refractivity contribution in [1.29, 1.82) is 5.26 Å². The van der Waals surface area contributed by atoms with Gasteiger partial charge in [-0.15, -0.1) is 0 Å². The first-order chi connectivity index (χ1) is 12.0. The van der Waals surface area contributed by atoms with Crippen molar-refractivity contribution in [2.75, 3.05) is 17.2 Å². The smallest absolute Gasteiger partial charge is 0.262 e. The van der Waals surface area contributed by atoms with Crippen molar-refractivity contribution in [1.82, 2.24) is 0 Å². The van der Waals surface area contributed by atoms with E-state index in [9.17, 15) is 9.59 Å². The van der Waals surface area contributed by atoms with Crippen LogP contribution in [0.3, 0.4) is 0 Å². The minimum Gasteiger partial charge on any atom is -0.483 e. The Morgan fingerprint density at radius 2 is 1.60 bits per heavy atom. The quantitative estimate of drug-likeness (QED) is 0.847. The van der Waals surface area contributed by atoms with Crippen LogP contribution >= 0.6 is 0 Å². The Bertz CT molecular complexity index is 808. The summed E-state index contributed by atoms with van der Waals surface area (Å²) in [4.78, 5) is 23.3. The SMILES string of the molecule is Cc1cccc(OCC(=O)Nc2ccc(NC(=O)CC#N)cc2)c1C. The fourth-order valence-electron chi connectivity index (χ4n) is 2.13. The minimum absolute atomic E-state index is 0.0923. The molecule has 0 spiro atoms. The molecule has 0 aliphatic rings. The average Bonchev–Trinajstić information content (AvgIpc) is 2.58. The number of ether oxygens (including phenoxy) is 1. The first kappa shape index (κ1) is 18.0. The molecule has 6 nitrogen and oxygen atoms in total. The Kier molecular flexibility index (Phi) is 6.13. The van der Waals surface area contributed by atoms with Crippen LogP contribution in [0.4, 0.5) is 11.4 Å². The van der Waals surface area contributed by atoms with Gasteiger partial charge in [0.25, 0.3) is 5.91 Å². The number of aryl methyl sites for hydroxylation is 1. The second-order valence-corrected chi connectivity index (χ2v) is 5.50. The van der Waals surface area contributed by atoms with Crippen LogP contribution in [-0.2, 0) is 9.59 Å². The number of hydrogen-bond donors (Lipinski definition) is 2.